The fraction of sp³-hybridized carbons (Fsp3) is 0.0377. The Kier molecular flexibility index (Phi) is 7.58. The molecule has 7 aromatic carbocycles. The van der Waals surface area contributed by atoms with Crippen molar-refractivity contribution in [2.45, 2.75) is 12.3 Å². The number of hydrogen-bond acceptors (Lipinski definition) is 4. The summed E-state index contributed by atoms with van der Waals surface area (Å²) in [5.74, 6) is 2.44. The average Bonchev–Trinajstić information content (AvgIpc) is 3.57. The van der Waals surface area contributed by atoms with Gasteiger partial charge in [-0.1, -0.05) is 164 Å². The van der Waals surface area contributed by atoms with Gasteiger partial charge in [0.25, 0.3) is 0 Å². The zero-order valence-electron chi connectivity index (χ0n) is 31.2. The lowest BCUT2D eigenvalue weighted by atomic mass is 9.66. The molecule has 57 heavy (non-hydrogen) atoms. The molecule has 11 rings (SSSR count). The van der Waals surface area contributed by atoms with Crippen LogP contribution in [0.4, 0.5) is 0 Å². The third-order valence-electron chi connectivity index (χ3n) is 11.5. The van der Waals surface area contributed by atoms with Crippen LogP contribution in [0.15, 0.2) is 194 Å². The molecular weight excluding hydrogens is 695 g/mol. The van der Waals surface area contributed by atoms with Crippen molar-refractivity contribution in [2.24, 2.45) is 0 Å². The van der Waals surface area contributed by atoms with E-state index < -0.39 is 5.41 Å². The number of nitrogens with zero attached hydrogens (tertiary/aromatic N) is 3. The summed E-state index contributed by atoms with van der Waals surface area (Å²) in [5, 5.41) is 0. The molecule has 1 spiro atoms. The maximum atomic E-state index is 6.58. The summed E-state index contributed by atoms with van der Waals surface area (Å²) in [6, 6.07) is 68.2. The normalized spacial score (nSPS) is 12.9. The van der Waals surface area contributed by atoms with Crippen molar-refractivity contribution < 1.29 is 4.74 Å². The molecule has 268 valence electrons. The van der Waals surface area contributed by atoms with Gasteiger partial charge in [-0.3, -0.25) is 4.98 Å². The van der Waals surface area contributed by atoms with E-state index in [0.717, 1.165) is 78.8 Å². The standard InChI is InChI=1S/C53H35N3O/c1-34-40(30-31-47(54-34)36-14-4-2-5-15-36)35-24-26-37(27-25-35)48-33-49(56-52(55-48)38-16-6-3-7-17-38)39-28-29-42-41-18-8-9-19-43(41)53(46(42)32-39)44-20-10-12-22-50(44)57-51-23-13-11-21-45(51)53/h2-33H,1H3. The van der Waals surface area contributed by atoms with Crippen molar-refractivity contribution in [3.63, 3.8) is 0 Å². The van der Waals surface area contributed by atoms with Crippen LogP contribution in [-0.4, -0.2) is 15.0 Å². The van der Waals surface area contributed by atoms with Gasteiger partial charge in [0.15, 0.2) is 5.82 Å². The number of aromatic nitrogens is 3. The van der Waals surface area contributed by atoms with E-state index >= 15 is 0 Å². The Morgan fingerprint density at radius 2 is 0.860 bits per heavy atom. The van der Waals surface area contributed by atoms with Gasteiger partial charge in [-0.2, -0.15) is 0 Å². The van der Waals surface area contributed by atoms with Crippen LogP contribution < -0.4 is 4.74 Å². The van der Waals surface area contributed by atoms with Crippen LogP contribution in [0, 0.1) is 6.92 Å². The first-order valence-electron chi connectivity index (χ1n) is 19.4. The Morgan fingerprint density at radius 1 is 0.351 bits per heavy atom. The molecule has 0 unspecified atom stereocenters. The number of ether oxygens (including phenoxy) is 1. The zero-order valence-corrected chi connectivity index (χ0v) is 31.2. The van der Waals surface area contributed by atoms with E-state index in [1.165, 1.54) is 22.3 Å². The van der Waals surface area contributed by atoms with E-state index in [1.54, 1.807) is 0 Å². The largest absolute Gasteiger partial charge is 0.457 e. The number of hydrogen-bond donors (Lipinski definition) is 0. The summed E-state index contributed by atoms with van der Waals surface area (Å²) in [6.07, 6.45) is 0. The summed E-state index contributed by atoms with van der Waals surface area (Å²) in [4.78, 5) is 15.4. The number of pyridine rings is 1. The monoisotopic (exact) mass is 729 g/mol. The molecule has 4 heteroatoms. The van der Waals surface area contributed by atoms with Gasteiger partial charge in [0, 0.05) is 44.6 Å². The zero-order chi connectivity index (χ0) is 37.9. The summed E-state index contributed by atoms with van der Waals surface area (Å²) < 4.78 is 6.58. The van der Waals surface area contributed by atoms with Gasteiger partial charge in [0.2, 0.25) is 0 Å². The van der Waals surface area contributed by atoms with Crippen molar-refractivity contribution in [1.82, 2.24) is 15.0 Å². The van der Waals surface area contributed by atoms with Crippen LogP contribution in [0.25, 0.3) is 67.4 Å². The Hall–Kier alpha value is -7.43. The molecular formula is C53H35N3O. The molecule has 0 radical (unpaired) electrons. The molecule has 1 aliphatic heterocycles. The Balaban J connectivity index is 1.05. The Morgan fingerprint density at radius 3 is 1.54 bits per heavy atom. The van der Waals surface area contributed by atoms with Crippen LogP contribution in [0.1, 0.15) is 27.9 Å². The van der Waals surface area contributed by atoms with E-state index in [2.05, 4.69) is 165 Å². The molecule has 4 nitrogen and oxygen atoms in total. The number of aryl methyl sites for hydroxylation is 1. The van der Waals surface area contributed by atoms with Gasteiger partial charge in [-0.05, 0) is 65.1 Å². The lowest BCUT2D eigenvalue weighted by Gasteiger charge is -2.39. The molecule has 0 bridgehead atoms. The minimum Gasteiger partial charge on any atom is -0.457 e. The number of rotatable bonds is 5. The molecule has 0 amide bonds. The van der Waals surface area contributed by atoms with Crippen LogP contribution in [0.5, 0.6) is 11.5 Å². The minimum absolute atomic E-state index is 0.562. The van der Waals surface area contributed by atoms with E-state index in [9.17, 15) is 0 Å². The van der Waals surface area contributed by atoms with Crippen molar-refractivity contribution in [2.75, 3.05) is 0 Å². The predicted molar refractivity (Wildman–Crippen MR) is 229 cm³/mol. The van der Waals surface area contributed by atoms with Gasteiger partial charge in [-0.25, -0.2) is 9.97 Å². The molecule has 2 aliphatic rings. The fourth-order valence-corrected chi connectivity index (χ4v) is 8.93. The second-order valence-corrected chi connectivity index (χ2v) is 14.8. The third kappa shape index (κ3) is 5.26. The van der Waals surface area contributed by atoms with Crippen LogP contribution in [0.2, 0.25) is 0 Å². The minimum atomic E-state index is -0.562. The molecule has 0 saturated heterocycles. The van der Waals surface area contributed by atoms with Crippen molar-refractivity contribution in [1.29, 1.82) is 0 Å². The van der Waals surface area contributed by atoms with Crippen LogP contribution in [-0.2, 0) is 5.41 Å². The fourth-order valence-electron chi connectivity index (χ4n) is 8.93. The highest BCUT2D eigenvalue weighted by Crippen LogP contribution is 2.62. The Bertz CT molecular complexity index is 2950. The second kappa shape index (κ2) is 13.1. The molecule has 0 fully saturated rings. The summed E-state index contributed by atoms with van der Waals surface area (Å²) >= 11 is 0. The molecule has 0 N–H and O–H groups in total. The summed E-state index contributed by atoms with van der Waals surface area (Å²) in [5.41, 5.74) is 16.7. The van der Waals surface area contributed by atoms with Gasteiger partial charge >= 0.3 is 0 Å². The maximum Gasteiger partial charge on any atom is 0.160 e. The average molecular weight is 730 g/mol. The summed E-state index contributed by atoms with van der Waals surface area (Å²) in [7, 11) is 0. The van der Waals surface area contributed by atoms with Crippen molar-refractivity contribution in [3.05, 3.63) is 222 Å². The van der Waals surface area contributed by atoms with Gasteiger partial charge in [-0.15, -0.1) is 0 Å². The molecule has 2 aromatic heterocycles. The highest BCUT2D eigenvalue weighted by atomic mass is 16.5. The van der Waals surface area contributed by atoms with Gasteiger partial charge in [0.05, 0.1) is 22.5 Å². The first-order chi connectivity index (χ1) is 28.1. The second-order valence-electron chi connectivity index (χ2n) is 14.8. The van der Waals surface area contributed by atoms with E-state index in [4.69, 9.17) is 19.7 Å². The number of benzene rings is 7. The third-order valence-corrected chi connectivity index (χ3v) is 11.5. The SMILES string of the molecule is Cc1nc(-c2ccccc2)ccc1-c1ccc(-c2cc(-c3ccc4c(c3)C3(c5ccccc5Oc5ccccc53)c3ccccc3-4)nc(-c3ccccc3)n2)cc1. The topological polar surface area (TPSA) is 47.9 Å². The first kappa shape index (κ1) is 33.0. The highest BCUT2D eigenvalue weighted by molar-refractivity contribution is 5.90. The van der Waals surface area contributed by atoms with Gasteiger partial charge in [0.1, 0.15) is 11.5 Å². The smallest absolute Gasteiger partial charge is 0.160 e. The Labute approximate surface area is 331 Å². The quantitative estimate of drug-likeness (QED) is 0.177. The van der Waals surface area contributed by atoms with Gasteiger partial charge < -0.3 is 4.74 Å². The highest BCUT2D eigenvalue weighted by Gasteiger charge is 2.51. The number of fused-ring (bicyclic) bond motifs is 9. The molecule has 0 saturated carbocycles. The van der Waals surface area contributed by atoms with E-state index in [0.29, 0.717) is 5.82 Å². The van der Waals surface area contributed by atoms with Crippen molar-refractivity contribution in [3.8, 4) is 78.9 Å². The van der Waals surface area contributed by atoms with Crippen molar-refractivity contribution >= 4 is 0 Å². The van der Waals surface area contributed by atoms with Crippen LogP contribution in [0.3, 0.4) is 0 Å². The van der Waals surface area contributed by atoms with E-state index in [-0.39, 0.29) is 0 Å². The number of para-hydroxylation sites is 2. The lowest BCUT2D eigenvalue weighted by molar-refractivity contribution is 0.436. The molecule has 9 aromatic rings. The predicted octanol–water partition coefficient (Wildman–Crippen LogP) is 13.0. The first-order valence-corrected chi connectivity index (χ1v) is 19.4. The summed E-state index contributed by atoms with van der Waals surface area (Å²) in [6.45, 7) is 2.08. The van der Waals surface area contributed by atoms with E-state index in [1.807, 2.05) is 36.4 Å². The molecule has 0 atom stereocenters. The maximum absolute atomic E-state index is 6.58. The molecule has 1 aliphatic carbocycles. The van der Waals surface area contributed by atoms with Crippen LogP contribution >= 0.6 is 0 Å². The molecule has 3 heterocycles. The lowest BCUT2D eigenvalue weighted by Crippen LogP contribution is -2.32.